The van der Waals surface area contributed by atoms with Gasteiger partial charge < -0.3 is 15.2 Å². The number of rotatable bonds is 6. The van der Waals surface area contributed by atoms with Crippen molar-refractivity contribution in [3.8, 4) is 0 Å². The van der Waals surface area contributed by atoms with Crippen LogP contribution in [0.5, 0.6) is 0 Å². The van der Waals surface area contributed by atoms with Gasteiger partial charge in [0.1, 0.15) is 5.82 Å². The van der Waals surface area contributed by atoms with Crippen LogP contribution < -0.4 is 10.6 Å². The highest BCUT2D eigenvalue weighted by Crippen LogP contribution is 2.16. The van der Waals surface area contributed by atoms with Crippen LogP contribution in [-0.4, -0.2) is 21.4 Å². The van der Waals surface area contributed by atoms with Gasteiger partial charge in [-0.15, -0.1) is 0 Å². The number of para-hydroxylation sites is 2. The van der Waals surface area contributed by atoms with Gasteiger partial charge in [0.15, 0.2) is 0 Å². The zero-order valence-corrected chi connectivity index (χ0v) is 18.5. The van der Waals surface area contributed by atoms with Gasteiger partial charge in [-0.1, -0.05) is 46.3 Å². The molecular formula is C24H21BrN4O2. The molecule has 2 N–H and O–H groups in total. The third-order valence-electron chi connectivity index (χ3n) is 4.97. The molecule has 4 aromatic rings. The molecule has 0 radical (unpaired) electrons. The number of carbonyl (C=O) groups is 2. The number of carbonyl (C=O) groups excluding carboxylic acids is 2. The average molecular weight is 477 g/mol. The summed E-state index contributed by atoms with van der Waals surface area (Å²) in [5.74, 6) is 0.407. The fraction of sp³-hybridized carbons (Fsp3) is 0.125. The molecule has 1 aromatic heterocycles. The van der Waals surface area contributed by atoms with Crippen molar-refractivity contribution in [2.75, 3.05) is 5.32 Å². The lowest BCUT2D eigenvalue weighted by Gasteiger charge is -2.09. The number of anilines is 1. The van der Waals surface area contributed by atoms with Crippen molar-refractivity contribution >= 4 is 44.5 Å². The Balaban J connectivity index is 1.38. The molecule has 156 valence electrons. The summed E-state index contributed by atoms with van der Waals surface area (Å²) in [5, 5.41) is 5.76. The highest BCUT2D eigenvalue weighted by molar-refractivity contribution is 9.10. The van der Waals surface area contributed by atoms with E-state index in [4.69, 9.17) is 0 Å². The molecule has 0 aliphatic heterocycles. The molecule has 0 aliphatic rings. The normalized spacial score (nSPS) is 10.8. The van der Waals surface area contributed by atoms with Crippen LogP contribution in [0.4, 0.5) is 5.69 Å². The Hall–Kier alpha value is -3.45. The number of amides is 2. The van der Waals surface area contributed by atoms with Gasteiger partial charge >= 0.3 is 0 Å². The van der Waals surface area contributed by atoms with Gasteiger partial charge in [-0.25, -0.2) is 4.98 Å². The van der Waals surface area contributed by atoms with Gasteiger partial charge in [-0.3, -0.25) is 9.59 Å². The lowest BCUT2D eigenvalue weighted by molar-refractivity contribution is -0.115. The molecule has 0 bridgehead atoms. The number of hydrogen-bond acceptors (Lipinski definition) is 3. The van der Waals surface area contributed by atoms with Crippen LogP contribution in [0.15, 0.2) is 77.3 Å². The Bertz CT molecular complexity index is 1250. The number of hydrogen-bond donors (Lipinski definition) is 2. The molecule has 0 fully saturated rings. The van der Waals surface area contributed by atoms with Gasteiger partial charge in [0.25, 0.3) is 5.91 Å². The summed E-state index contributed by atoms with van der Waals surface area (Å²) in [7, 11) is 1.93. The summed E-state index contributed by atoms with van der Waals surface area (Å²) in [4.78, 5) is 29.6. The Morgan fingerprint density at radius 2 is 1.77 bits per heavy atom. The first kappa shape index (κ1) is 20.8. The minimum Gasteiger partial charge on any atom is -0.345 e. The molecule has 4 rings (SSSR count). The highest BCUT2D eigenvalue weighted by Gasteiger charge is 2.11. The maximum Gasteiger partial charge on any atom is 0.251 e. The van der Waals surface area contributed by atoms with E-state index < -0.39 is 0 Å². The molecule has 0 atom stereocenters. The molecule has 0 unspecified atom stereocenters. The van der Waals surface area contributed by atoms with Crippen LogP contribution >= 0.6 is 15.9 Å². The van der Waals surface area contributed by atoms with Gasteiger partial charge in [-0.2, -0.15) is 0 Å². The Morgan fingerprint density at radius 1 is 1.00 bits per heavy atom. The smallest absolute Gasteiger partial charge is 0.251 e. The number of aryl methyl sites for hydroxylation is 1. The molecule has 1 heterocycles. The third-order valence-corrected chi connectivity index (χ3v) is 5.50. The van der Waals surface area contributed by atoms with Crippen LogP contribution in [0.3, 0.4) is 0 Å². The van der Waals surface area contributed by atoms with Crippen LogP contribution in [0.25, 0.3) is 11.0 Å². The van der Waals surface area contributed by atoms with Crippen molar-refractivity contribution in [1.29, 1.82) is 0 Å². The van der Waals surface area contributed by atoms with E-state index in [2.05, 4.69) is 31.5 Å². The lowest BCUT2D eigenvalue weighted by Crippen LogP contribution is -2.24. The van der Waals surface area contributed by atoms with Gasteiger partial charge in [-0.05, 0) is 48.0 Å². The molecule has 3 aromatic carbocycles. The van der Waals surface area contributed by atoms with Gasteiger partial charge in [0.2, 0.25) is 5.91 Å². The fourth-order valence-corrected chi connectivity index (χ4v) is 3.61. The largest absolute Gasteiger partial charge is 0.345 e. The van der Waals surface area contributed by atoms with E-state index in [1.54, 1.807) is 24.3 Å². The van der Waals surface area contributed by atoms with E-state index in [1.165, 1.54) is 0 Å². The predicted molar refractivity (Wildman–Crippen MR) is 125 cm³/mol. The standard InChI is InChI=1S/C24H21BrN4O2/c1-29-21-8-3-2-7-20(21)28-22(29)15-26-24(31)17-5-4-6-19(14-17)27-23(30)13-16-9-11-18(25)12-10-16/h2-12,14H,13,15H2,1H3,(H,26,31)(H,27,30). The van der Waals surface area contributed by atoms with E-state index >= 15 is 0 Å². The molecule has 2 amide bonds. The molecule has 0 aliphatic carbocycles. The van der Waals surface area contributed by atoms with E-state index in [1.807, 2.05) is 60.1 Å². The Labute approximate surface area is 188 Å². The number of nitrogens with zero attached hydrogens (tertiary/aromatic N) is 2. The summed E-state index contributed by atoms with van der Waals surface area (Å²) in [5.41, 5.74) is 3.88. The molecule has 6 nitrogen and oxygen atoms in total. The molecule has 0 spiro atoms. The fourth-order valence-electron chi connectivity index (χ4n) is 3.35. The lowest BCUT2D eigenvalue weighted by atomic mass is 10.1. The van der Waals surface area contributed by atoms with Crippen LogP contribution in [-0.2, 0) is 24.8 Å². The Kier molecular flexibility index (Phi) is 6.13. The molecular weight excluding hydrogens is 456 g/mol. The quantitative estimate of drug-likeness (QED) is 0.431. The van der Waals surface area contributed by atoms with E-state index in [9.17, 15) is 9.59 Å². The van der Waals surface area contributed by atoms with Crippen molar-refractivity contribution in [3.63, 3.8) is 0 Å². The van der Waals surface area contributed by atoms with Gasteiger partial charge in [0, 0.05) is 22.8 Å². The van der Waals surface area contributed by atoms with E-state index in [0.29, 0.717) is 17.8 Å². The Morgan fingerprint density at radius 3 is 2.55 bits per heavy atom. The second-order valence-electron chi connectivity index (χ2n) is 7.19. The topological polar surface area (TPSA) is 76.0 Å². The highest BCUT2D eigenvalue weighted by atomic mass is 79.9. The summed E-state index contributed by atoms with van der Waals surface area (Å²) >= 11 is 3.38. The number of imidazole rings is 1. The summed E-state index contributed by atoms with van der Waals surface area (Å²) in [6, 6.07) is 22.3. The number of benzene rings is 3. The molecule has 0 saturated heterocycles. The third kappa shape index (κ3) is 5.00. The SMILES string of the molecule is Cn1c(CNC(=O)c2cccc(NC(=O)Cc3ccc(Br)cc3)c2)nc2ccccc21. The second-order valence-corrected chi connectivity index (χ2v) is 8.11. The average Bonchev–Trinajstić information content (AvgIpc) is 3.09. The number of aromatic nitrogens is 2. The first-order valence-electron chi connectivity index (χ1n) is 9.82. The zero-order chi connectivity index (χ0) is 21.8. The summed E-state index contributed by atoms with van der Waals surface area (Å²) < 4.78 is 2.93. The molecule has 31 heavy (non-hydrogen) atoms. The summed E-state index contributed by atoms with van der Waals surface area (Å²) in [6.45, 7) is 0.310. The monoisotopic (exact) mass is 476 g/mol. The van der Waals surface area contributed by atoms with E-state index in [0.717, 1.165) is 26.9 Å². The van der Waals surface area contributed by atoms with Crippen molar-refractivity contribution in [2.45, 2.75) is 13.0 Å². The van der Waals surface area contributed by atoms with Crippen LogP contribution in [0.2, 0.25) is 0 Å². The predicted octanol–water partition coefficient (Wildman–Crippen LogP) is 4.45. The van der Waals surface area contributed by atoms with Crippen molar-refractivity contribution in [3.05, 3.63) is 94.2 Å². The van der Waals surface area contributed by atoms with Gasteiger partial charge in [0.05, 0.1) is 24.0 Å². The van der Waals surface area contributed by atoms with E-state index in [-0.39, 0.29) is 18.2 Å². The molecule has 7 heteroatoms. The first-order valence-corrected chi connectivity index (χ1v) is 10.6. The zero-order valence-electron chi connectivity index (χ0n) is 16.9. The first-order chi connectivity index (χ1) is 15.0. The maximum absolute atomic E-state index is 12.6. The van der Waals surface area contributed by atoms with Crippen LogP contribution in [0, 0.1) is 0 Å². The number of nitrogens with one attached hydrogen (secondary N) is 2. The minimum absolute atomic E-state index is 0.139. The molecule has 0 saturated carbocycles. The van der Waals surface area contributed by atoms with Crippen molar-refractivity contribution < 1.29 is 9.59 Å². The number of halogens is 1. The minimum atomic E-state index is -0.226. The maximum atomic E-state index is 12.6. The van der Waals surface area contributed by atoms with Crippen molar-refractivity contribution in [1.82, 2.24) is 14.9 Å². The van der Waals surface area contributed by atoms with Crippen LogP contribution in [0.1, 0.15) is 21.7 Å². The second kappa shape index (κ2) is 9.14. The number of fused-ring (bicyclic) bond motifs is 1. The summed E-state index contributed by atoms with van der Waals surface area (Å²) in [6.07, 6.45) is 0.260. The van der Waals surface area contributed by atoms with Crippen molar-refractivity contribution in [2.24, 2.45) is 7.05 Å².